The second-order valence-electron chi connectivity index (χ2n) is 6.86. The van der Waals surface area contributed by atoms with Crippen molar-refractivity contribution in [2.45, 2.75) is 24.7 Å². The Labute approximate surface area is 146 Å². The van der Waals surface area contributed by atoms with Crippen LogP contribution >= 0.6 is 0 Å². The first kappa shape index (κ1) is 14.5. The molecule has 0 unspecified atom stereocenters. The van der Waals surface area contributed by atoms with Crippen LogP contribution in [-0.2, 0) is 0 Å². The lowest BCUT2D eigenvalue weighted by atomic mass is 9.99. The molecule has 2 aliphatic rings. The van der Waals surface area contributed by atoms with Gasteiger partial charge in [-0.2, -0.15) is 0 Å². The van der Waals surface area contributed by atoms with Crippen LogP contribution in [0.1, 0.15) is 36.1 Å². The lowest BCUT2D eigenvalue weighted by Crippen LogP contribution is -2.46. The fourth-order valence-corrected chi connectivity index (χ4v) is 3.27. The normalized spacial score (nSPS) is 17.4. The lowest BCUT2D eigenvalue weighted by molar-refractivity contribution is 0.495. The summed E-state index contributed by atoms with van der Waals surface area (Å²) >= 11 is 0. The number of hydrogen-bond acceptors (Lipinski definition) is 5. The van der Waals surface area contributed by atoms with Gasteiger partial charge in [0.2, 0.25) is 0 Å². The van der Waals surface area contributed by atoms with Crippen LogP contribution in [-0.4, -0.2) is 33.0 Å². The second kappa shape index (κ2) is 5.92. The SMILES string of the molecule is c1ccc(-c2nccc(N3CC(c4ncc(C5CC5)cn4)C3)n2)cc1. The Morgan fingerprint density at radius 3 is 2.32 bits per heavy atom. The summed E-state index contributed by atoms with van der Waals surface area (Å²) in [6, 6.07) is 12.1. The molecule has 2 fully saturated rings. The summed E-state index contributed by atoms with van der Waals surface area (Å²) < 4.78 is 0. The molecule has 0 atom stereocenters. The van der Waals surface area contributed by atoms with E-state index < -0.39 is 0 Å². The minimum atomic E-state index is 0.392. The van der Waals surface area contributed by atoms with E-state index >= 15 is 0 Å². The molecule has 0 N–H and O–H groups in total. The summed E-state index contributed by atoms with van der Waals surface area (Å²) in [5.41, 5.74) is 2.34. The molecule has 25 heavy (non-hydrogen) atoms. The van der Waals surface area contributed by atoms with E-state index in [0.29, 0.717) is 11.8 Å². The monoisotopic (exact) mass is 329 g/mol. The fraction of sp³-hybridized carbons (Fsp3) is 0.300. The van der Waals surface area contributed by atoms with Crippen molar-refractivity contribution in [3.8, 4) is 11.4 Å². The van der Waals surface area contributed by atoms with E-state index in [1.165, 1.54) is 18.4 Å². The van der Waals surface area contributed by atoms with E-state index in [0.717, 1.165) is 36.1 Å². The van der Waals surface area contributed by atoms with Crippen molar-refractivity contribution < 1.29 is 0 Å². The zero-order valence-corrected chi connectivity index (χ0v) is 13.9. The van der Waals surface area contributed by atoms with Crippen molar-refractivity contribution in [2.24, 2.45) is 0 Å². The predicted octanol–water partition coefficient (Wildman–Crippen LogP) is 3.41. The van der Waals surface area contributed by atoms with Crippen LogP contribution in [0.5, 0.6) is 0 Å². The molecule has 1 saturated carbocycles. The van der Waals surface area contributed by atoms with Gasteiger partial charge in [0.1, 0.15) is 11.6 Å². The van der Waals surface area contributed by atoms with Gasteiger partial charge in [-0.05, 0) is 30.4 Å². The van der Waals surface area contributed by atoms with E-state index in [4.69, 9.17) is 4.98 Å². The van der Waals surface area contributed by atoms with Crippen molar-refractivity contribution in [1.29, 1.82) is 0 Å². The van der Waals surface area contributed by atoms with Crippen molar-refractivity contribution in [3.63, 3.8) is 0 Å². The molecule has 0 radical (unpaired) electrons. The Bertz CT molecular complexity index is 868. The molecule has 5 nitrogen and oxygen atoms in total. The molecule has 1 aliphatic carbocycles. The first-order valence-electron chi connectivity index (χ1n) is 8.82. The summed E-state index contributed by atoms with van der Waals surface area (Å²) in [6.07, 6.45) is 8.44. The van der Waals surface area contributed by atoms with Crippen LogP contribution in [0.4, 0.5) is 5.82 Å². The molecule has 3 aromatic rings. The van der Waals surface area contributed by atoms with Crippen LogP contribution in [0.15, 0.2) is 55.0 Å². The highest BCUT2D eigenvalue weighted by Crippen LogP contribution is 2.39. The van der Waals surface area contributed by atoms with Gasteiger partial charge in [0.15, 0.2) is 5.82 Å². The molecule has 0 bridgehead atoms. The molecule has 0 spiro atoms. The highest BCUT2D eigenvalue weighted by Gasteiger charge is 2.32. The molecule has 5 heteroatoms. The molecule has 3 heterocycles. The van der Waals surface area contributed by atoms with Crippen molar-refractivity contribution in [1.82, 2.24) is 19.9 Å². The van der Waals surface area contributed by atoms with Crippen LogP contribution < -0.4 is 4.90 Å². The van der Waals surface area contributed by atoms with Gasteiger partial charge >= 0.3 is 0 Å². The molecule has 2 aromatic heterocycles. The average molecular weight is 329 g/mol. The minimum Gasteiger partial charge on any atom is -0.355 e. The number of anilines is 1. The number of hydrogen-bond donors (Lipinski definition) is 0. The van der Waals surface area contributed by atoms with Crippen LogP contribution in [0.2, 0.25) is 0 Å². The van der Waals surface area contributed by atoms with E-state index in [1.807, 2.05) is 55.0 Å². The molecule has 124 valence electrons. The Morgan fingerprint density at radius 2 is 1.60 bits per heavy atom. The number of rotatable bonds is 4. The second-order valence-corrected chi connectivity index (χ2v) is 6.86. The fourth-order valence-electron chi connectivity index (χ4n) is 3.27. The molecule has 1 aromatic carbocycles. The van der Waals surface area contributed by atoms with Gasteiger partial charge in [-0.1, -0.05) is 30.3 Å². The Hall–Kier alpha value is -2.82. The standard InChI is InChI=1S/C20H19N5/c1-2-4-15(5-3-1)20-21-9-8-18(24-20)25-12-17(13-25)19-22-10-16(11-23-19)14-6-7-14/h1-5,8-11,14,17H,6-7,12-13H2. The maximum atomic E-state index is 4.71. The number of aromatic nitrogens is 4. The maximum absolute atomic E-state index is 4.71. The average Bonchev–Trinajstić information content (AvgIpc) is 3.47. The third kappa shape index (κ3) is 2.86. The molecule has 5 rings (SSSR count). The molecular weight excluding hydrogens is 310 g/mol. The summed E-state index contributed by atoms with van der Waals surface area (Å²) in [7, 11) is 0. The molecule has 1 saturated heterocycles. The van der Waals surface area contributed by atoms with Gasteiger partial charge in [-0.25, -0.2) is 19.9 Å². The summed E-state index contributed by atoms with van der Waals surface area (Å²) in [6.45, 7) is 1.82. The topological polar surface area (TPSA) is 54.8 Å². The number of benzene rings is 1. The molecule has 0 amide bonds. The van der Waals surface area contributed by atoms with Crippen molar-refractivity contribution >= 4 is 5.82 Å². The third-order valence-electron chi connectivity index (χ3n) is 4.98. The highest BCUT2D eigenvalue weighted by atomic mass is 15.3. The quantitative estimate of drug-likeness (QED) is 0.734. The highest BCUT2D eigenvalue weighted by molar-refractivity contribution is 5.57. The minimum absolute atomic E-state index is 0.392. The maximum Gasteiger partial charge on any atom is 0.161 e. The van der Waals surface area contributed by atoms with Gasteiger partial charge in [-0.15, -0.1) is 0 Å². The first-order chi connectivity index (χ1) is 12.4. The van der Waals surface area contributed by atoms with Gasteiger partial charge in [0.25, 0.3) is 0 Å². The van der Waals surface area contributed by atoms with E-state index in [9.17, 15) is 0 Å². The van der Waals surface area contributed by atoms with Crippen molar-refractivity contribution in [2.75, 3.05) is 18.0 Å². The van der Waals surface area contributed by atoms with Crippen LogP contribution in [0, 0.1) is 0 Å². The summed E-state index contributed by atoms with van der Waals surface area (Å²) in [5.74, 6) is 3.80. The van der Waals surface area contributed by atoms with Crippen LogP contribution in [0.25, 0.3) is 11.4 Å². The summed E-state index contributed by atoms with van der Waals surface area (Å²) in [5, 5.41) is 0. The zero-order chi connectivity index (χ0) is 16.6. The predicted molar refractivity (Wildman–Crippen MR) is 96.4 cm³/mol. The van der Waals surface area contributed by atoms with Gasteiger partial charge in [0, 0.05) is 37.2 Å². The van der Waals surface area contributed by atoms with Gasteiger partial charge < -0.3 is 4.90 Å². The Balaban J connectivity index is 1.28. The Kier molecular flexibility index (Phi) is 3.44. The van der Waals surface area contributed by atoms with E-state index in [1.54, 1.807) is 0 Å². The van der Waals surface area contributed by atoms with Crippen molar-refractivity contribution in [3.05, 3.63) is 66.4 Å². The van der Waals surface area contributed by atoms with Gasteiger partial charge in [0.05, 0.1) is 5.92 Å². The third-order valence-corrected chi connectivity index (χ3v) is 4.98. The largest absolute Gasteiger partial charge is 0.355 e. The van der Waals surface area contributed by atoms with E-state index in [-0.39, 0.29) is 0 Å². The van der Waals surface area contributed by atoms with Gasteiger partial charge in [-0.3, -0.25) is 0 Å². The first-order valence-corrected chi connectivity index (χ1v) is 8.82. The Morgan fingerprint density at radius 1 is 0.840 bits per heavy atom. The number of nitrogens with zero attached hydrogens (tertiary/aromatic N) is 5. The smallest absolute Gasteiger partial charge is 0.161 e. The van der Waals surface area contributed by atoms with Crippen LogP contribution in [0.3, 0.4) is 0 Å². The molecular formula is C20H19N5. The lowest BCUT2D eigenvalue weighted by Gasteiger charge is -2.39. The van der Waals surface area contributed by atoms with E-state index in [2.05, 4.69) is 19.9 Å². The zero-order valence-electron chi connectivity index (χ0n) is 13.9. The molecule has 1 aliphatic heterocycles. The summed E-state index contributed by atoms with van der Waals surface area (Å²) in [4.78, 5) is 20.5.